The van der Waals surface area contributed by atoms with E-state index in [1.807, 2.05) is 6.92 Å². The first kappa shape index (κ1) is 22.1. The number of imide groups is 1. The molecular weight excluding hydrogens is 406 g/mol. The maximum atomic E-state index is 13.6. The number of rotatable bonds is 4. The number of carbonyl (C=O) groups excluding carboxylic acids is 2. The normalized spacial score (nSPS) is 47.2. The lowest BCUT2D eigenvalue weighted by Gasteiger charge is -2.68. The molecule has 0 aromatic carbocycles. The Hall–Kier alpha value is -1.69. The van der Waals surface area contributed by atoms with Gasteiger partial charge in [0, 0.05) is 5.41 Å². The van der Waals surface area contributed by atoms with Gasteiger partial charge in [-0.2, -0.15) is 0 Å². The van der Waals surface area contributed by atoms with Crippen molar-refractivity contribution in [2.75, 3.05) is 13.2 Å². The maximum Gasteiger partial charge on any atom is 0.309 e. The number of allylic oxidation sites excluding steroid dienone is 2. The van der Waals surface area contributed by atoms with Crippen LogP contribution in [0, 0.1) is 51.8 Å². The van der Waals surface area contributed by atoms with Crippen LogP contribution in [-0.4, -0.2) is 46.0 Å². The van der Waals surface area contributed by atoms with Crippen LogP contribution in [0.1, 0.15) is 66.2 Å². The van der Waals surface area contributed by atoms with Crippen molar-refractivity contribution >= 4 is 17.8 Å². The van der Waals surface area contributed by atoms with Gasteiger partial charge in [-0.15, -0.1) is 0 Å². The van der Waals surface area contributed by atoms with E-state index in [1.54, 1.807) is 0 Å². The smallest absolute Gasteiger partial charge is 0.309 e. The number of carboxylic acids is 1. The van der Waals surface area contributed by atoms with E-state index >= 15 is 0 Å². The lowest BCUT2D eigenvalue weighted by atomic mass is 9.34. The van der Waals surface area contributed by atoms with Crippen LogP contribution in [0.15, 0.2) is 11.6 Å². The van der Waals surface area contributed by atoms with Crippen molar-refractivity contribution in [3.63, 3.8) is 0 Å². The Labute approximate surface area is 190 Å². The van der Waals surface area contributed by atoms with E-state index in [0.29, 0.717) is 12.3 Å². The Morgan fingerprint density at radius 3 is 2.50 bits per heavy atom. The second-order valence-corrected chi connectivity index (χ2v) is 12.0. The first-order valence-corrected chi connectivity index (χ1v) is 12.4. The summed E-state index contributed by atoms with van der Waals surface area (Å²) >= 11 is 0. The maximum absolute atomic E-state index is 13.6. The average Bonchev–Trinajstić information content (AvgIpc) is 3.00. The highest BCUT2D eigenvalue weighted by molar-refractivity contribution is 6.06. The summed E-state index contributed by atoms with van der Waals surface area (Å²) < 4.78 is 0. The van der Waals surface area contributed by atoms with Crippen molar-refractivity contribution in [2.45, 2.75) is 66.2 Å². The van der Waals surface area contributed by atoms with E-state index in [1.165, 1.54) is 10.5 Å². The molecule has 1 spiro atoms. The van der Waals surface area contributed by atoms with Crippen LogP contribution in [0.3, 0.4) is 0 Å². The predicted molar refractivity (Wildman–Crippen MR) is 118 cm³/mol. The van der Waals surface area contributed by atoms with Crippen molar-refractivity contribution < 1.29 is 24.6 Å². The molecule has 2 amide bonds. The zero-order valence-electron chi connectivity index (χ0n) is 19.8. The van der Waals surface area contributed by atoms with Gasteiger partial charge in [0.1, 0.15) is 0 Å². The van der Waals surface area contributed by atoms with Crippen LogP contribution in [0.4, 0.5) is 0 Å². The Balaban J connectivity index is 1.65. The third-order valence-corrected chi connectivity index (χ3v) is 10.6. The average molecular weight is 444 g/mol. The number of carboxylic acid groups (broad SMARTS) is 1. The van der Waals surface area contributed by atoms with Gasteiger partial charge in [-0.05, 0) is 68.1 Å². The summed E-state index contributed by atoms with van der Waals surface area (Å²) in [5.74, 6) is -0.918. The molecule has 0 radical (unpaired) electrons. The minimum absolute atomic E-state index is 0.0422. The highest BCUT2D eigenvalue weighted by Gasteiger charge is 2.73. The Morgan fingerprint density at radius 1 is 1.16 bits per heavy atom. The van der Waals surface area contributed by atoms with E-state index in [-0.39, 0.29) is 65.4 Å². The topological polar surface area (TPSA) is 94.9 Å². The molecule has 1 aliphatic heterocycles. The fourth-order valence-electron chi connectivity index (χ4n) is 9.34. The number of nitrogens with zero attached hydrogens (tertiary/aromatic N) is 1. The Morgan fingerprint density at radius 2 is 1.88 bits per heavy atom. The first-order chi connectivity index (χ1) is 15.0. The van der Waals surface area contributed by atoms with Gasteiger partial charge < -0.3 is 10.2 Å². The summed E-state index contributed by atoms with van der Waals surface area (Å²) in [7, 11) is 0. The van der Waals surface area contributed by atoms with E-state index < -0.39 is 11.4 Å². The van der Waals surface area contributed by atoms with Gasteiger partial charge in [0.25, 0.3) is 0 Å². The molecule has 0 aromatic heterocycles. The number of aliphatic hydroxyl groups excluding tert-OH is 1. The zero-order chi connectivity index (χ0) is 23.2. The minimum atomic E-state index is -0.728. The second-order valence-electron chi connectivity index (χ2n) is 12.0. The minimum Gasteiger partial charge on any atom is -0.481 e. The molecule has 2 N–H and O–H groups in total. The van der Waals surface area contributed by atoms with Crippen molar-refractivity contribution in [1.29, 1.82) is 0 Å². The third kappa shape index (κ3) is 2.48. The molecular formula is C26H37NO5. The predicted octanol–water partition coefficient (Wildman–Crippen LogP) is 3.49. The molecule has 0 aromatic rings. The molecule has 1 heterocycles. The van der Waals surface area contributed by atoms with Gasteiger partial charge in [0.05, 0.1) is 30.4 Å². The van der Waals surface area contributed by atoms with Gasteiger partial charge in [-0.25, -0.2) is 0 Å². The summed E-state index contributed by atoms with van der Waals surface area (Å²) in [6.07, 6.45) is 7.42. The molecule has 4 fully saturated rings. The van der Waals surface area contributed by atoms with Gasteiger partial charge in [0.15, 0.2) is 0 Å². The Bertz CT molecular complexity index is 910. The molecule has 5 aliphatic carbocycles. The quantitative estimate of drug-likeness (QED) is 0.512. The van der Waals surface area contributed by atoms with E-state index in [0.717, 1.165) is 32.1 Å². The lowest BCUT2D eigenvalue weighted by molar-refractivity contribution is -0.194. The van der Waals surface area contributed by atoms with Crippen LogP contribution in [0.25, 0.3) is 0 Å². The molecule has 2 bridgehead atoms. The van der Waals surface area contributed by atoms with Crippen molar-refractivity contribution in [3.8, 4) is 0 Å². The van der Waals surface area contributed by atoms with Crippen LogP contribution < -0.4 is 0 Å². The third-order valence-electron chi connectivity index (χ3n) is 10.6. The Kier molecular flexibility index (Phi) is 4.78. The number of aliphatic carboxylic acids is 1. The summed E-state index contributed by atoms with van der Waals surface area (Å²) in [6.45, 7) is 8.44. The largest absolute Gasteiger partial charge is 0.481 e. The number of likely N-dealkylation sites (tertiary alicyclic amines) is 1. The number of hydrogen-bond acceptors (Lipinski definition) is 4. The van der Waals surface area contributed by atoms with Crippen LogP contribution in [-0.2, 0) is 14.4 Å². The first-order valence-electron chi connectivity index (χ1n) is 12.4. The van der Waals surface area contributed by atoms with Crippen LogP contribution in [0.5, 0.6) is 0 Å². The number of β-amino-alcohol motifs (C(OH)–C–C–N with tert-alkyl or cyclic N) is 1. The fourth-order valence-corrected chi connectivity index (χ4v) is 9.34. The van der Waals surface area contributed by atoms with Crippen LogP contribution >= 0.6 is 0 Å². The molecule has 6 nitrogen and oxygen atoms in total. The lowest BCUT2D eigenvalue weighted by Crippen LogP contribution is -2.65. The summed E-state index contributed by atoms with van der Waals surface area (Å²) in [5, 5.41) is 19.7. The van der Waals surface area contributed by atoms with Gasteiger partial charge >= 0.3 is 5.97 Å². The number of aliphatic hydroxyl groups is 1. The van der Waals surface area contributed by atoms with Gasteiger partial charge in [-0.3, -0.25) is 19.3 Å². The summed E-state index contributed by atoms with van der Waals surface area (Å²) in [5.41, 5.74) is 0.0547. The van der Waals surface area contributed by atoms with E-state index in [2.05, 4.69) is 26.8 Å². The molecule has 6 heteroatoms. The number of hydrogen-bond donors (Lipinski definition) is 2. The second kappa shape index (κ2) is 6.91. The van der Waals surface area contributed by atoms with Crippen molar-refractivity contribution in [1.82, 2.24) is 4.90 Å². The molecule has 1 saturated heterocycles. The molecule has 32 heavy (non-hydrogen) atoms. The number of amides is 2. The monoisotopic (exact) mass is 443 g/mol. The van der Waals surface area contributed by atoms with Gasteiger partial charge in [-0.1, -0.05) is 38.8 Å². The van der Waals surface area contributed by atoms with Crippen molar-refractivity contribution in [3.05, 3.63) is 11.6 Å². The van der Waals surface area contributed by atoms with Gasteiger partial charge in [0.2, 0.25) is 11.8 Å². The molecule has 176 valence electrons. The number of carbonyl (C=O) groups is 3. The molecule has 8 atom stereocenters. The summed E-state index contributed by atoms with van der Waals surface area (Å²) in [6, 6.07) is 0. The molecule has 3 saturated carbocycles. The number of fused-ring (bicyclic) bond motifs is 1. The highest BCUT2D eigenvalue weighted by Crippen LogP contribution is 2.74. The highest BCUT2D eigenvalue weighted by atomic mass is 16.4. The molecule has 6 aliphatic rings. The van der Waals surface area contributed by atoms with Crippen LogP contribution in [0.2, 0.25) is 0 Å². The SMILES string of the molecule is CC(C)C1=CC23CCC4C(C)(C(=O)O)CCCC4(C)C2CC1C1C(=O)N(CCO)C(=O)C13. The molecule has 6 rings (SSSR count). The fraction of sp³-hybridized carbons (Fsp3) is 0.808. The van der Waals surface area contributed by atoms with E-state index in [9.17, 15) is 24.6 Å². The molecule has 8 unspecified atom stereocenters. The standard InChI is InChI=1S/C26H37NO5/c1-14(2)16-13-26-9-6-17-24(3,7-5-8-25(17,4)23(31)32)18(26)12-15(16)19-20(26)22(30)27(10-11-28)21(19)29/h13-15,17-20,28H,5-12H2,1-4H3,(H,31,32). The van der Waals surface area contributed by atoms with E-state index in [4.69, 9.17) is 0 Å². The van der Waals surface area contributed by atoms with Crippen molar-refractivity contribution in [2.24, 2.45) is 51.8 Å². The summed E-state index contributed by atoms with van der Waals surface area (Å²) in [4.78, 5) is 40.7. The zero-order valence-corrected chi connectivity index (χ0v) is 19.8.